The average molecular weight is 239 g/mol. The zero-order chi connectivity index (χ0) is 12.4. The van der Waals surface area contributed by atoms with Crippen LogP contribution in [0.3, 0.4) is 0 Å². The van der Waals surface area contributed by atoms with Crippen LogP contribution in [0.5, 0.6) is 11.5 Å². The standard InChI is InChI=1S/C11H13NO5/c1-7(13)4-8-5-10-11(17-3-2-16-10)6-9(8)12(14)15/h5-7,13H,2-4H2,1H3. The summed E-state index contributed by atoms with van der Waals surface area (Å²) in [4.78, 5) is 10.4. The first kappa shape index (κ1) is 11.7. The summed E-state index contributed by atoms with van der Waals surface area (Å²) in [7, 11) is 0. The molecule has 1 aromatic carbocycles. The third-order valence-corrected chi connectivity index (χ3v) is 2.46. The summed E-state index contributed by atoms with van der Waals surface area (Å²) in [5.74, 6) is 0.884. The van der Waals surface area contributed by atoms with Crippen molar-refractivity contribution in [3.63, 3.8) is 0 Å². The third kappa shape index (κ3) is 2.47. The minimum atomic E-state index is -0.642. The van der Waals surface area contributed by atoms with Crippen molar-refractivity contribution in [1.29, 1.82) is 0 Å². The largest absolute Gasteiger partial charge is 0.486 e. The third-order valence-electron chi connectivity index (χ3n) is 2.46. The van der Waals surface area contributed by atoms with Gasteiger partial charge < -0.3 is 14.6 Å². The molecule has 1 aromatic rings. The quantitative estimate of drug-likeness (QED) is 0.634. The lowest BCUT2D eigenvalue weighted by atomic mass is 10.1. The van der Waals surface area contributed by atoms with Gasteiger partial charge in [-0.2, -0.15) is 0 Å². The lowest BCUT2D eigenvalue weighted by Crippen LogP contribution is -2.16. The van der Waals surface area contributed by atoms with Crippen LogP contribution in [0.4, 0.5) is 5.69 Å². The summed E-state index contributed by atoms with van der Waals surface area (Å²) in [6, 6.07) is 2.92. The van der Waals surface area contributed by atoms with Crippen LogP contribution in [0, 0.1) is 10.1 Å². The zero-order valence-corrected chi connectivity index (χ0v) is 9.38. The molecule has 0 aromatic heterocycles. The summed E-state index contributed by atoms with van der Waals surface area (Å²) in [6.07, 6.45) is -0.427. The Morgan fingerprint density at radius 2 is 2.00 bits per heavy atom. The monoisotopic (exact) mass is 239 g/mol. The van der Waals surface area contributed by atoms with E-state index < -0.39 is 11.0 Å². The lowest BCUT2D eigenvalue weighted by molar-refractivity contribution is -0.385. The van der Waals surface area contributed by atoms with Crippen LogP contribution in [0.1, 0.15) is 12.5 Å². The number of benzene rings is 1. The Morgan fingerprint density at radius 1 is 1.41 bits per heavy atom. The molecule has 0 saturated heterocycles. The normalized spacial score (nSPS) is 15.4. The number of rotatable bonds is 3. The van der Waals surface area contributed by atoms with Gasteiger partial charge in [0.15, 0.2) is 11.5 Å². The molecule has 1 unspecified atom stereocenters. The van der Waals surface area contributed by atoms with Crippen LogP contribution in [-0.4, -0.2) is 29.3 Å². The van der Waals surface area contributed by atoms with Crippen LogP contribution < -0.4 is 9.47 Å². The van der Waals surface area contributed by atoms with Gasteiger partial charge in [0.25, 0.3) is 5.69 Å². The number of nitro groups is 1. The molecule has 1 heterocycles. The van der Waals surface area contributed by atoms with E-state index in [1.165, 1.54) is 6.07 Å². The number of aliphatic hydroxyl groups excluding tert-OH is 1. The van der Waals surface area contributed by atoms with Gasteiger partial charge in [-0.3, -0.25) is 10.1 Å². The molecule has 0 saturated carbocycles. The average Bonchev–Trinajstić information content (AvgIpc) is 2.27. The van der Waals surface area contributed by atoms with Gasteiger partial charge in [-0.1, -0.05) is 0 Å². The Kier molecular flexibility index (Phi) is 3.14. The lowest BCUT2D eigenvalue weighted by Gasteiger charge is -2.19. The molecule has 0 amide bonds. The second kappa shape index (κ2) is 4.58. The van der Waals surface area contributed by atoms with Crippen molar-refractivity contribution in [3.05, 3.63) is 27.8 Å². The molecule has 6 heteroatoms. The minimum Gasteiger partial charge on any atom is -0.486 e. The fraction of sp³-hybridized carbons (Fsp3) is 0.455. The number of fused-ring (bicyclic) bond motifs is 1. The summed E-state index contributed by atoms with van der Waals surface area (Å²) in [6.45, 7) is 2.40. The molecule has 1 aliphatic heterocycles. The van der Waals surface area contributed by atoms with E-state index in [4.69, 9.17) is 9.47 Å². The fourth-order valence-electron chi connectivity index (χ4n) is 1.77. The van der Waals surface area contributed by atoms with E-state index in [1.807, 2.05) is 0 Å². The highest BCUT2D eigenvalue weighted by atomic mass is 16.6. The van der Waals surface area contributed by atoms with E-state index in [9.17, 15) is 15.2 Å². The Morgan fingerprint density at radius 3 is 2.53 bits per heavy atom. The maximum Gasteiger partial charge on any atom is 0.276 e. The van der Waals surface area contributed by atoms with Crippen molar-refractivity contribution in [1.82, 2.24) is 0 Å². The van der Waals surface area contributed by atoms with Crippen molar-refractivity contribution in [2.45, 2.75) is 19.4 Å². The topological polar surface area (TPSA) is 81.8 Å². The molecule has 0 radical (unpaired) electrons. The van der Waals surface area contributed by atoms with Crippen LogP contribution in [0.2, 0.25) is 0 Å². The smallest absolute Gasteiger partial charge is 0.276 e. The van der Waals surface area contributed by atoms with Gasteiger partial charge in [0.1, 0.15) is 13.2 Å². The maximum atomic E-state index is 10.9. The molecule has 6 nitrogen and oxygen atoms in total. The van der Waals surface area contributed by atoms with Crippen LogP contribution in [0.15, 0.2) is 12.1 Å². The Hall–Kier alpha value is -1.82. The highest BCUT2D eigenvalue weighted by Gasteiger charge is 2.22. The molecule has 0 spiro atoms. The van der Waals surface area contributed by atoms with Gasteiger partial charge in [-0.25, -0.2) is 0 Å². The van der Waals surface area contributed by atoms with Crippen molar-refractivity contribution in [2.24, 2.45) is 0 Å². The molecule has 1 atom stereocenters. The number of ether oxygens (including phenoxy) is 2. The Bertz CT molecular complexity index is 444. The fourth-order valence-corrected chi connectivity index (χ4v) is 1.77. The van der Waals surface area contributed by atoms with Gasteiger partial charge in [0.2, 0.25) is 0 Å². The molecule has 1 N–H and O–H groups in total. The van der Waals surface area contributed by atoms with Crippen molar-refractivity contribution in [2.75, 3.05) is 13.2 Å². The molecule has 1 aliphatic rings. The highest BCUT2D eigenvalue weighted by molar-refractivity contribution is 5.54. The van der Waals surface area contributed by atoms with E-state index in [0.717, 1.165) is 0 Å². The first-order valence-corrected chi connectivity index (χ1v) is 5.33. The molecule has 0 bridgehead atoms. The number of aliphatic hydroxyl groups is 1. The molecular weight excluding hydrogens is 226 g/mol. The molecule has 0 fully saturated rings. The Balaban J connectivity index is 2.44. The molecule has 0 aliphatic carbocycles. The molecule has 2 rings (SSSR count). The predicted molar refractivity (Wildman–Crippen MR) is 59.5 cm³/mol. The second-order valence-corrected chi connectivity index (χ2v) is 3.93. The van der Waals surface area contributed by atoms with Gasteiger partial charge in [-0.15, -0.1) is 0 Å². The van der Waals surface area contributed by atoms with Crippen molar-refractivity contribution >= 4 is 5.69 Å². The first-order chi connectivity index (χ1) is 8.08. The van der Waals surface area contributed by atoms with Gasteiger partial charge in [0.05, 0.1) is 17.1 Å². The van der Waals surface area contributed by atoms with E-state index in [0.29, 0.717) is 30.3 Å². The Labute approximate surface area is 97.9 Å². The SMILES string of the molecule is CC(O)Cc1cc2c(cc1[N+](=O)[O-])OCCO2. The second-order valence-electron chi connectivity index (χ2n) is 3.93. The summed E-state index contributed by atoms with van der Waals surface area (Å²) < 4.78 is 10.6. The summed E-state index contributed by atoms with van der Waals surface area (Å²) in [5, 5.41) is 20.2. The summed E-state index contributed by atoms with van der Waals surface area (Å²) >= 11 is 0. The van der Waals surface area contributed by atoms with Crippen molar-refractivity contribution in [3.8, 4) is 11.5 Å². The van der Waals surface area contributed by atoms with Crippen molar-refractivity contribution < 1.29 is 19.5 Å². The van der Waals surface area contributed by atoms with Gasteiger partial charge in [-0.05, 0) is 13.0 Å². The number of nitrogens with zero attached hydrogens (tertiary/aromatic N) is 1. The van der Waals surface area contributed by atoms with Crippen LogP contribution in [-0.2, 0) is 6.42 Å². The summed E-state index contributed by atoms with van der Waals surface area (Å²) in [5.41, 5.74) is 0.407. The van der Waals surface area contributed by atoms with E-state index in [-0.39, 0.29) is 12.1 Å². The number of nitro benzene ring substituents is 1. The van der Waals surface area contributed by atoms with Gasteiger partial charge >= 0.3 is 0 Å². The number of hydrogen-bond donors (Lipinski definition) is 1. The zero-order valence-electron chi connectivity index (χ0n) is 9.38. The first-order valence-electron chi connectivity index (χ1n) is 5.33. The highest BCUT2D eigenvalue weighted by Crippen LogP contribution is 2.36. The van der Waals surface area contributed by atoms with E-state index in [2.05, 4.69) is 0 Å². The molecular formula is C11H13NO5. The predicted octanol–water partition coefficient (Wildman–Crippen LogP) is 1.29. The molecule has 17 heavy (non-hydrogen) atoms. The minimum absolute atomic E-state index is 0.0462. The maximum absolute atomic E-state index is 10.9. The van der Waals surface area contributed by atoms with Crippen LogP contribution in [0.25, 0.3) is 0 Å². The van der Waals surface area contributed by atoms with Crippen LogP contribution >= 0.6 is 0 Å². The van der Waals surface area contributed by atoms with Gasteiger partial charge in [0, 0.05) is 12.0 Å². The van der Waals surface area contributed by atoms with E-state index in [1.54, 1.807) is 13.0 Å². The number of hydrogen-bond acceptors (Lipinski definition) is 5. The van der Waals surface area contributed by atoms with E-state index >= 15 is 0 Å². The molecule has 92 valence electrons.